The van der Waals surface area contributed by atoms with E-state index in [-0.39, 0.29) is 19.2 Å². The third-order valence-electron chi connectivity index (χ3n) is 4.33. The van der Waals surface area contributed by atoms with Crippen molar-refractivity contribution < 1.29 is 29.0 Å². The normalized spacial score (nSPS) is 16.4. The van der Waals surface area contributed by atoms with Crippen molar-refractivity contribution in [2.45, 2.75) is 51.9 Å². The van der Waals surface area contributed by atoms with Gasteiger partial charge < -0.3 is 19.5 Å². The van der Waals surface area contributed by atoms with Gasteiger partial charge in [-0.05, 0) is 39.7 Å². The first-order chi connectivity index (χ1) is 13.6. The fourth-order valence-corrected chi connectivity index (χ4v) is 3.24. The highest BCUT2D eigenvalue weighted by atomic mass is 35.5. The summed E-state index contributed by atoms with van der Waals surface area (Å²) >= 11 is 6.06. The summed E-state index contributed by atoms with van der Waals surface area (Å²) in [6.07, 6.45) is 0.148. The third-order valence-corrected chi connectivity index (χ3v) is 4.70. The summed E-state index contributed by atoms with van der Waals surface area (Å²) in [6.45, 7) is 5.27. The van der Waals surface area contributed by atoms with E-state index in [9.17, 15) is 19.5 Å². The maximum Gasteiger partial charge on any atom is 0.410 e. The summed E-state index contributed by atoms with van der Waals surface area (Å²) in [7, 11) is 0. The number of carboxylic acid groups (broad SMARTS) is 1. The number of benzene rings is 1. The summed E-state index contributed by atoms with van der Waals surface area (Å²) in [5, 5.41) is 9.64. The number of carbonyl (C=O) groups is 3. The maximum absolute atomic E-state index is 12.5. The fraction of sp³-hybridized carbons (Fsp3) is 0.550. The number of amides is 2. The second-order valence-electron chi connectivity index (χ2n) is 7.89. The van der Waals surface area contributed by atoms with E-state index in [0.717, 1.165) is 11.3 Å². The zero-order chi connectivity index (χ0) is 21.6. The molecule has 0 spiro atoms. The van der Waals surface area contributed by atoms with Gasteiger partial charge in [-0.2, -0.15) is 0 Å². The minimum Gasteiger partial charge on any atom is -0.480 e. The highest BCUT2D eigenvalue weighted by Gasteiger charge is 2.35. The van der Waals surface area contributed by atoms with Gasteiger partial charge in [-0.15, -0.1) is 0 Å². The molecule has 0 aliphatic carbocycles. The van der Waals surface area contributed by atoms with Crippen LogP contribution < -0.4 is 0 Å². The molecular formula is C20H27ClN2O6. The molecule has 1 fully saturated rings. The molecule has 2 rings (SSSR count). The lowest BCUT2D eigenvalue weighted by molar-refractivity contribution is -0.138. The minimum atomic E-state index is -1.17. The quantitative estimate of drug-likeness (QED) is 0.743. The Bertz CT molecular complexity index is 749. The van der Waals surface area contributed by atoms with Crippen molar-refractivity contribution in [1.29, 1.82) is 0 Å². The van der Waals surface area contributed by atoms with Gasteiger partial charge in [0.25, 0.3) is 0 Å². The monoisotopic (exact) mass is 426 g/mol. The predicted octanol–water partition coefficient (Wildman–Crippen LogP) is 3.76. The molecule has 1 aromatic rings. The van der Waals surface area contributed by atoms with Gasteiger partial charge in [-0.25, -0.2) is 9.59 Å². The van der Waals surface area contributed by atoms with E-state index in [2.05, 4.69) is 0 Å². The Morgan fingerprint density at radius 3 is 2.59 bits per heavy atom. The summed E-state index contributed by atoms with van der Waals surface area (Å²) < 4.78 is 10.7. The fourth-order valence-electron chi connectivity index (χ4n) is 3.05. The summed E-state index contributed by atoms with van der Waals surface area (Å²) in [5.74, 6) is -1.17. The predicted molar refractivity (Wildman–Crippen MR) is 107 cm³/mol. The Morgan fingerprint density at radius 1 is 1.28 bits per heavy atom. The van der Waals surface area contributed by atoms with Crippen LogP contribution in [-0.2, 0) is 20.9 Å². The van der Waals surface area contributed by atoms with Gasteiger partial charge in [-0.3, -0.25) is 9.69 Å². The van der Waals surface area contributed by atoms with Gasteiger partial charge >= 0.3 is 18.2 Å². The molecular weight excluding hydrogens is 400 g/mol. The maximum atomic E-state index is 12.5. The highest BCUT2D eigenvalue weighted by Crippen LogP contribution is 2.22. The first-order valence-electron chi connectivity index (χ1n) is 9.43. The van der Waals surface area contributed by atoms with Crippen molar-refractivity contribution in [2.24, 2.45) is 0 Å². The summed E-state index contributed by atoms with van der Waals surface area (Å²) in [6, 6.07) is 6.59. The Labute approximate surface area is 175 Å². The Balaban J connectivity index is 2.03. The van der Waals surface area contributed by atoms with E-state index in [1.54, 1.807) is 49.9 Å². The van der Waals surface area contributed by atoms with Crippen LogP contribution in [0.1, 0.15) is 39.2 Å². The number of hydrogen-bond acceptors (Lipinski definition) is 5. The Kier molecular flexibility index (Phi) is 7.73. The van der Waals surface area contributed by atoms with Crippen LogP contribution in [0.2, 0.25) is 5.02 Å². The van der Waals surface area contributed by atoms with Crippen LogP contribution in [-0.4, -0.2) is 64.3 Å². The van der Waals surface area contributed by atoms with Crippen LogP contribution in [0.3, 0.4) is 0 Å². The molecule has 9 heteroatoms. The topological polar surface area (TPSA) is 96.4 Å². The number of halogens is 1. The van der Waals surface area contributed by atoms with Crippen molar-refractivity contribution in [1.82, 2.24) is 9.80 Å². The van der Waals surface area contributed by atoms with Crippen molar-refractivity contribution in [2.75, 3.05) is 19.6 Å². The average molecular weight is 427 g/mol. The van der Waals surface area contributed by atoms with E-state index in [0.29, 0.717) is 23.6 Å². The standard InChI is InChI=1S/C20H27ClN2O6/c1-20(2,3)29-19(27)23-10-6-8-15(23)11-22(12-17(24)25)18(26)28-13-14-7-4-5-9-16(14)21/h4-5,7,9,15H,6,8,10-13H2,1-3H3,(H,24,25). The lowest BCUT2D eigenvalue weighted by atomic mass is 10.2. The van der Waals surface area contributed by atoms with E-state index >= 15 is 0 Å². The molecule has 1 aliphatic rings. The molecule has 1 saturated heterocycles. The van der Waals surface area contributed by atoms with Crippen LogP contribution in [0.25, 0.3) is 0 Å². The van der Waals surface area contributed by atoms with Gasteiger partial charge in [0.2, 0.25) is 0 Å². The van der Waals surface area contributed by atoms with Crippen molar-refractivity contribution in [3.63, 3.8) is 0 Å². The first-order valence-corrected chi connectivity index (χ1v) is 9.81. The lowest BCUT2D eigenvalue weighted by Crippen LogP contribution is -2.48. The molecule has 1 unspecified atom stereocenters. The molecule has 0 bridgehead atoms. The molecule has 29 heavy (non-hydrogen) atoms. The number of rotatable bonds is 6. The van der Waals surface area contributed by atoms with Gasteiger partial charge in [0.15, 0.2) is 0 Å². The molecule has 1 N–H and O–H groups in total. The molecule has 0 saturated carbocycles. The van der Waals surface area contributed by atoms with Crippen LogP contribution >= 0.6 is 11.6 Å². The molecule has 1 aromatic carbocycles. The number of nitrogens with zero attached hydrogens (tertiary/aromatic N) is 2. The number of likely N-dealkylation sites (tertiary alicyclic amines) is 1. The van der Waals surface area contributed by atoms with Crippen molar-refractivity contribution in [3.8, 4) is 0 Å². The van der Waals surface area contributed by atoms with Gasteiger partial charge in [0.1, 0.15) is 18.8 Å². The Hall–Kier alpha value is -2.48. The molecule has 8 nitrogen and oxygen atoms in total. The molecule has 0 aromatic heterocycles. The lowest BCUT2D eigenvalue weighted by Gasteiger charge is -2.31. The van der Waals surface area contributed by atoms with Gasteiger partial charge in [0, 0.05) is 23.7 Å². The average Bonchev–Trinajstić information content (AvgIpc) is 3.07. The second kappa shape index (κ2) is 9.82. The van der Waals surface area contributed by atoms with E-state index in [1.165, 1.54) is 0 Å². The summed E-state index contributed by atoms with van der Waals surface area (Å²) in [4.78, 5) is 38.8. The van der Waals surface area contributed by atoms with Crippen molar-refractivity contribution in [3.05, 3.63) is 34.9 Å². The molecule has 0 radical (unpaired) electrons. The smallest absolute Gasteiger partial charge is 0.410 e. The molecule has 1 aliphatic heterocycles. The SMILES string of the molecule is CC(C)(C)OC(=O)N1CCCC1CN(CC(=O)O)C(=O)OCc1ccccc1Cl. The van der Waals surface area contributed by atoms with Crippen LogP contribution in [0.15, 0.2) is 24.3 Å². The van der Waals surface area contributed by atoms with E-state index in [1.807, 2.05) is 0 Å². The summed E-state index contributed by atoms with van der Waals surface area (Å²) in [5.41, 5.74) is -0.0205. The molecule has 1 atom stereocenters. The zero-order valence-electron chi connectivity index (χ0n) is 16.9. The Morgan fingerprint density at radius 2 is 1.97 bits per heavy atom. The number of aliphatic carboxylic acids is 1. The van der Waals surface area contributed by atoms with Crippen LogP contribution in [0.4, 0.5) is 9.59 Å². The van der Waals surface area contributed by atoms with E-state index in [4.69, 9.17) is 21.1 Å². The third kappa shape index (κ3) is 7.12. The molecule has 160 valence electrons. The minimum absolute atomic E-state index is 0.0485. The van der Waals surface area contributed by atoms with Crippen LogP contribution in [0.5, 0.6) is 0 Å². The van der Waals surface area contributed by atoms with Gasteiger partial charge in [-0.1, -0.05) is 29.8 Å². The van der Waals surface area contributed by atoms with Crippen LogP contribution in [0, 0.1) is 0 Å². The number of carboxylic acids is 1. The van der Waals surface area contributed by atoms with Gasteiger partial charge in [0.05, 0.1) is 6.04 Å². The molecule has 2 amide bonds. The number of hydrogen-bond donors (Lipinski definition) is 1. The second-order valence-corrected chi connectivity index (χ2v) is 8.30. The number of carbonyl (C=O) groups excluding carboxylic acids is 2. The highest BCUT2D eigenvalue weighted by molar-refractivity contribution is 6.31. The first kappa shape index (κ1) is 22.8. The molecule has 1 heterocycles. The number of ether oxygens (including phenoxy) is 2. The van der Waals surface area contributed by atoms with Crippen molar-refractivity contribution >= 4 is 29.8 Å². The van der Waals surface area contributed by atoms with E-state index < -0.39 is 30.3 Å². The largest absolute Gasteiger partial charge is 0.480 e. The zero-order valence-corrected chi connectivity index (χ0v) is 17.6.